The maximum absolute atomic E-state index is 12.5. The molecule has 0 spiro atoms. The van der Waals surface area contributed by atoms with Crippen LogP contribution in [0.15, 0.2) is 55.5 Å². The summed E-state index contributed by atoms with van der Waals surface area (Å²) in [7, 11) is 0. The Morgan fingerprint density at radius 2 is 1.80 bits per heavy atom. The molecule has 0 unspecified atom stereocenters. The number of hydrogen-bond donors (Lipinski definition) is 0. The molecule has 1 aliphatic rings. The Kier molecular flexibility index (Phi) is 4.07. The van der Waals surface area contributed by atoms with Crippen molar-refractivity contribution < 1.29 is 4.79 Å². The highest BCUT2D eigenvalue weighted by Gasteiger charge is 2.23. The Morgan fingerprint density at radius 1 is 0.960 bits per heavy atom. The second-order valence-corrected chi connectivity index (χ2v) is 5.70. The molecule has 3 aromatic rings. The molecule has 0 aromatic carbocycles. The van der Waals surface area contributed by atoms with Gasteiger partial charge < -0.3 is 9.80 Å². The van der Waals surface area contributed by atoms with E-state index in [0.29, 0.717) is 18.8 Å². The van der Waals surface area contributed by atoms with E-state index in [1.165, 1.54) is 0 Å². The number of carbonyl (C=O) groups is 1. The molecule has 0 atom stereocenters. The van der Waals surface area contributed by atoms with Crippen molar-refractivity contribution in [3.63, 3.8) is 0 Å². The summed E-state index contributed by atoms with van der Waals surface area (Å²) in [5, 5.41) is 0. The van der Waals surface area contributed by atoms with E-state index in [1.807, 2.05) is 33.9 Å². The minimum atomic E-state index is -0.0259. The molecule has 4 heterocycles. The van der Waals surface area contributed by atoms with E-state index in [1.54, 1.807) is 31.1 Å². The summed E-state index contributed by atoms with van der Waals surface area (Å²) < 4.78 is 1.84. The summed E-state index contributed by atoms with van der Waals surface area (Å²) in [5.74, 6) is 1.60. The summed E-state index contributed by atoms with van der Waals surface area (Å²) in [6, 6.07) is 7.31. The van der Waals surface area contributed by atoms with Gasteiger partial charge in [-0.3, -0.25) is 14.3 Å². The molecule has 0 aliphatic carbocycles. The van der Waals surface area contributed by atoms with Crippen molar-refractivity contribution in [1.29, 1.82) is 0 Å². The van der Waals surface area contributed by atoms with Crippen LogP contribution in [0.4, 0.5) is 5.82 Å². The number of piperazine rings is 1. The Hall–Kier alpha value is -3.29. The molecule has 8 heteroatoms. The Labute approximate surface area is 144 Å². The molecule has 1 aliphatic heterocycles. The normalized spacial score (nSPS) is 14.6. The average molecular weight is 335 g/mol. The lowest BCUT2D eigenvalue weighted by Gasteiger charge is -2.35. The van der Waals surface area contributed by atoms with E-state index < -0.39 is 0 Å². The number of carbonyl (C=O) groups excluding carboxylic acids is 1. The van der Waals surface area contributed by atoms with Gasteiger partial charge in [0, 0.05) is 50.8 Å². The van der Waals surface area contributed by atoms with Gasteiger partial charge >= 0.3 is 0 Å². The predicted octanol–water partition coefficient (Wildman–Crippen LogP) is 1.02. The topological polar surface area (TPSA) is 80.0 Å². The van der Waals surface area contributed by atoms with Crippen LogP contribution in [0.1, 0.15) is 10.5 Å². The van der Waals surface area contributed by atoms with Crippen LogP contribution < -0.4 is 4.90 Å². The van der Waals surface area contributed by atoms with Gasteiger partial charge in [-0.2, -0.15) is 0 Å². The number of aromatic nitrogens is 5. The molecule has 0 N–H and O–H groups in total. The number of imidazole rings is 1. The standard InChI is InChI=1S/C17H17N7O/c25-17(14-3-1-2-4-19-14)23-9-7-22(8-10-23)15-11-16(21-12-20-15)24-6-5-18-13-24/h1-6,11-13H,7-10H2. The van der Waals surface area contributed by atoms with Crippen molar-refractivity contribution in [2.24, 2.45) is 0 Å². The van der Waals surface area contributed by atoms with Crippen molar-refractivity contribution in [2.75, 3.05) is 31.1 Å². The van der Waals surface area contributed by atoms with E-state index in [-0.39, 0.29) is 5.91 Å². The molecule has 3 aromatic heterocycles. The fraction of sp³-hybridized carbons (Fsp3) is 0.235. The van der Waals surface area contributed by atoms with Crippen molar-refractivity contribution in [1.82, 2.24) is 29.4 Å². The molecular weight excluding hydrogens is 318 g/mol. The molecular formula is C17H17N7O. The fourth-order valence-corrected chi connectivity index (χ4v) is 2.84. The third-order valence-corrected chi connectivity index (χ3v) is 4.18. The van der Waals surface area contributed by atoms with Gasteiger partial charge in [0.05, 0.1) is 0 Å². The van der Waals surface area contributed by atoms with Crippen molar-refractivity contribution in [3.05, 3.63) is 61.2 Å². The lowest BCUT2D eigenvalue weighted by Crippen LogP contribution is -2.49. The van der Waals surface area contributed by atoms with Crippen molar-refractivity contribution in [3.8, 4) is 5.82 Å². The summed E-state index contributed by atoms with van der Waals surface area (Å²) in [4.78, 5) is 33.3. The van der Waals surface area contributed by atoms with Crippen molar-refractivity contribution in [2.45, 2.75) is 0 Å². The van der Waals surface area contributed by atoms with E-state index >= 15 is 0 Å². The van der Waals surface area contributed by atoms with Gasteiger partial charge in [0.2, 0.25) is 0 Å². The van der Waals surface area contributed by atoms with E-state index in [0.717, 1.165) is 24.7 Å². The molecule has 1 saturated heterocycles. The van der Waals surface area contributed by atoms with E-state index in [9.17, 15) is 4.79 Å². The minimum Gasteiger partial charge on any atom is -0.353 e. The quantitative estimate of drug-likeness (QED) is 0.711. The van der Waals surface area contributed by atoms with Crippen LogP contribution in [0.2, 0.25) is 0 Å². The zero-order valence-electron chi connectivity index (χ0n) is 13.6. The number of hydrogen-bond acceptors (Lipinski definition) is 6. The van der Waals surface area contributed by atoms with Crippen LogP contribution in [0, 0.1) is 0 Å². The first-order valence-corrected chi connectivity index (χ1v) is 8.07. The van der Waals surface area contributed by atoms with Gasteiger partial charge in [-0.1, -0.05) is 6.07 Å². The number of rotatable bonds is 3. The maximum Gasteiger partial charge on any atom is 0.272 e. The van der Waals surface area contributed by atoms with Crippen LogP contribution >= 0.6 is 0 Å². The fourth-order valence-electron chi connectivity index (χ4n) is 2.84. The molecule has 0 bridgehead atoms. The molecule has 8 nitrogen and oxygen atoms in total. The predicted molar refractivity (Wildman–Crippen MR) is 91.5 cm³/mol. The SMILES string of the molecule is O=C(c1ccccn1)N1CCN(c2cc(-n3ccnc3)ncn2)CC1. The van der Waals surface area contributed by atoms with Crippen LogP contribution in [0.3, 0.4) is 0 Å². The van der Waals surface area contributed by atoms with Crippen LogP contribution in [-0.2, 0) is 0 Å². The second kappa shape index (κ2) is 6.68. The summed E-state index contributed by atoms with van der Waals surface area (Å²) in [5.41, 5.74) is 0.486. The Bertz CT molecular complexity index is 842. The molecule has 1 fully saturated rings. The van der Waals surface area contributed by atoms with Gasteiger partial charge in [-0.15, -0.1) is 0 Å². The minimum absolute atomic E-state index is 0.0259. The molecule has 4 rings (SSSR count). The Morgan fingerprint density at radius 3 is 2.52 bits per heavy atom. The van der Waals surface area contributed by atoms with Gasteiger partial charge in [0.25, 0.3) is 5.91 Å². The zero-order valence-corrected chi connectivity index (χ0v) is 13.6. The average Bonchev–Trinajstić information content (AvgIpc) is 3.23. The third kappa shape index (κ3) is 3.18. The molecule has 25 heavy (non-hydrogen) atoms. The first-order chi connectivity index (χ1) is 12.3. The summed E-state index contributed by atoms with van der Waals surface area (Å²) in [6.07, 6.45) is 8.45. The van der Waals surface area contributed by atoms with Crippen LogP contribution in [0.5, 0.6) is 0 Å². The Balaban J connectivity index is 1.44. The lowest BCUT2D eigenvalue weighted by molar-refractivity contribution is 0.0740. The van der Waals surface area contributed by atoms with E-state index in [4.69, 9.17) is 0 Å². The molecule has 126 valence electrons. The lowest BCUT2D eigenvalue weighted by atomic mass is 10.2. The number of amides is 1. The van der Waals surface area contributed by atoms with Gasteiger partial charge in [0.1, 0.15) is 30.0 Å². The van der Waals surface area contributed by atoms with Crippen LogP contribution in [0.25, 0.3) is 5.82 Å². The first-order valence-electron chi connectivity index (χ1n) is 8.07. The number of pyridine rings is 1. The zero-order chi connectivity index (χ0) is 17.1. The first kappa shape index (κ1) is 15.3. The van der Waals surface area contributed by atoms with Crippen molar-refractivity contribution >= 4 is 11.7 Å². The maximum atomic E-state index is 12.5. The highest BCUT2D eigenvalue weighted by Crippen LogP contribution is 2.16. The molecule has 0 radical (unpaired) electrons. The smallest absolute Gasteiger partial charge is 0.272 e. The summed E-state index contributed by atoms with van der Waals surface area (Å²) >= 11 is 0. The second-order valence-electron chi connectivity index (χ2n) is 5.70. The third-order valence-electron chi connectivity index (χ3n) is 4.18. The largest absolute Gasteiger partial charge is 0.353 e. The van der Waals surface area contributed by atoms with Gasteiger partial charge in [-0.25, -0.2) is 15.0 Å². The highest BCUT2D eigenvalue weighted by atomic mass is 16.2. The van der Waals surface area contributed by atoms with Gasteiger partial charge in [-0.05, 0) is 12.1 Å². The monoisotopic (exact) mass is 335 g/mol. The van der Waals surface area contributed by atoms with Crippen LogP contribution in [-0.4, -0.2) is 61.5 Å². The number of nitrogens with zero attached hydrogens (tertiary/aromatic N) is 7. The highest BCUT2D eigenvalue weighted by molar-refractivity contribution is 5.92. The molecule has 0 saturated carbocycles. The van der Waals surface area contributed by atoms with E-state index in [2.05, 4.69) is 24.8 Å². The number of anilines is 1. The summed E-state index contributed by atoms with van der Waals surface area (Å²) in [6.45, 7) is 2.72. The van der Waals surface area contributed by atoms with Gasteiger partial charge in [0.15, 0.2) is 0 Å². The molecule has 1 amide bonds.